The second kappa shape index (κ2) is 5.60. The molecule has 3 nitrogen and oxygen atoms in total. The van der Waals surface area contributed by atoms with Gasteiger partial charge in [0.15, 0.2) is 0 Å². The third kappa shape index (κ3) is 3.26. The Morgan fingerprint density at radius 2 is 2.24 bits per heavy atom. The molecule has 0 aliphatic rings. The van der Waals surface area contributed by atoms with Gasteiger partial charge >= 0.3 is 0 Å². The maximum absolute atomic E-state index is 4.43. The molecule has 0 spiro atoms. The van der Waals surface area contributed by atoms with Gasteiger partial charge in [-0.3, -0.25) is 0 Å². The zero-order chi connectivity index (χ0) is 12.3. The molecule has 2 rings (SSSR count). The fourth-order valence-electron chi connectivity index (χ4n) is 1.47. The quantitative estimate of drug-likeness (QED) is 0.938. The Balaban J connectivity index is 1.92. The average Bonchev–Trinajstić information content (AvgIpc) is 2.70. The van der Waals surface area contributed by atoms with E-state index in [-0.39, 0.29) is 0 Å². The molecule has 90 valence electrons. The molecule has 2 aromatic rings. The average molecular weight is 312 g/mol. The van der Waals surface area contributed by atoms with E-state index in [4.69, 9.17) is 0 Å². The first-order chi connectivity index (χ1) is 8.16. The number of hydrogen-bond acceptors (Lipinski definition) is 4. The Kier molecular flexibility index (Phi) is 4.12. The van der Waals surface area contributed by atoms with Gasteiger partial charge in [0.05, 0.1) is 9.48 Å². The second-order valence-corrected chi connectivity index (χ2v) is 5.59. The van der Waals surface area contributed by atoms with E-state index in [1.807, 2.05) is 19.2 Å². The molecule has 0 aliphatic carbocycles. The SMILES string of the molecule is Cc1csc(CCNc2nccc(C)c2Br)n1. The molecule has 0 amide bonds. The number of hydrogen-bond donors (Lipinski definition) is 1. The van der Waals surface area contributed by atoms with Gasteiger partial charge in [0.2, 0.25) is 0 Å². The van der Waals surface area contributed by atoms with Crippen LogP contribution in [0, 0.1) is 13.8 Å². The van der Waals surface area contributed by atoms with Crippen LogP contribution in [-0.2, 0) is 6.42 Å². The molecule has 0 atom stereocenters. The molecular weight excluding hydrogens is 298 g/mol. The summed E-state index contributed by atoms with van der Waals surface area (Å²) in [5.41, 5.74) is 2.28. The van der Waals surface area contributed by atoms with E-state index in [2.05, 4.69) is 43.5 Å². The van der Waals surface area contributed by atoms with Crippen molar-refractivity contribution in [2.75, 3.05) is 11.9 Å². The predicted molar refractivity (Wildman–Crippen MR) is 75.7 cm³/mol. The van der Waals surface area contributed by atoms with Crippen molar-refractivity contribution in [2.45, 2.75) is 20.3 Å². The Morgan fingerprint density at radius 1 is 1.41 bits per heavy atom. The lowest BCUT2D eigenvalue weighted by Crippen LogP contribution is -2.07. The highest BCUT2D eigenvalue weighted by molar-refractivity contribution is 9.10. The highest BCUT2D eigenvalue weighted by atomic mass is 79.9. The molecule has 0 aliphatic heterocycles. The van der Waals surface area contributed by atoms with Gasteiger partial charge < -0.3 is 5.32 Å². The van der Waals surface area contributed by atoms with Crippen molar-refractivity contribution in [1.82, 2.24) is 9.97 Å². The van der Waals surface area contributed by atoms with E-state index in [0.717, 1.165) is 29.0 Å². The maximum Gasteiger partial charge on any atom is 0.140 e. The summed E-state index contributed by atoms with van der Waals surface area (Å²) in [6, 6.07) is 1.99. The molecule has 0 saturated heterocycles. The Labute approximate surface area is 113 Å². The van der Waals surface area contributed by atoms with Gasteiger partial charge in [0.1, 0.15) is 5.82 Å². The van der Waals surface area contributed by atoms with Crippen LogP contribution in [-0.4, -0.2) is 16.5 Å². The first kappa shape index (κ1) is 12.5. The molecule has 0 radical (unpaired) electrons. The second-order valence-electron chi connectivity index (χ2n) is 3.85. The third-order valence-corrected chi connectivity index (χ3v) is 4.41. The first-order valence-electron chi connectivity index (χ1n) is 5.43. The molecule has 2 heterocycles. The minimum Gasteiger partial charge on any atom is -0.369 e. The molecule has 17 heavy (non-hydrogen) atoms. The zero-order valence-electron chi connectivity index (χ0n) is 9.83. The lowest BCUT2D eigenvalue weighted by Gasteiger charge is -2.07. The Morgan fingerprint density at radius 3 is 2.94 bits per heavy atom. The van der Waals surface area contributed by atoms with Gasteiger partial charge in [0, 0.05) is 30.2 Å². The van der Waals surface area contributed by atoms with Crippen molar-refractivity contribution in [1.29, 1.82) is 0 Å². The summed E-state index contributed by atoms with van der Waals surface area (Å²) in [5, 5.41) is 6.57. The molecule has 0 saturated carbocycles. The predicted octanol–water partition coefficient (Wildman–Crippen LogP) is 3.57. The summed E-state index contributed by atoms with van der Waals surface area (Å²) >= 11 is 5.24. The maximum atomic E-state index is 4.43. The van der Waals surface area contributed by atoms with E-state index in [9.17, 15) is 0 Å². The number of pyridine rings is 1. The van der Waals surface area contributed by atoms with Crippen molar-refractivity contribution in [2.24, 2.45) is 0 Å². The van der Waals surface area contributed by atoms with Crippen LogP contribution >= 0.6 is 27.3 Å². The Hall–Kier alpha value is -0.940. The van der Waals surface area contributed by atoms with E-state index >= 15 is 0 Å². The number of aromatic nitrogens is 2. The van der Waals surface area contributed by atoms with Gasteiger partial charge in [-0.1, -0.05) is 0 Å². The van der Waals surface area contributed by atoms with E-state index in [1.54, 1.807) is 11.3 Å². The van der Waals surface area contributed by atoms with Crippen LogP contribution in [0.4, 0.5) is 5.82 Å². The van der Waals surface area contributed by atoms with Crippen LogP contribution in [0.1, 0.15) is 16.3 Å². The summed E-state index contributed by atoms with van der Waals surface area (Å²) in [5.74, 6) is 0.901. The van der Waals surface area contributed by atoms with Gasteiger partial charge in [-0.15, -0.1) is 11.3 Å². The Bertz CT molecular complexity index is 510. The van der Waals surface area contributed by atoms with Gasteiger partial charge in [-0.2, -0.15) is 0 Å². The minimum absolute atomic E-state index is 0.849. The van der Waals surface area contributed by atoms with Gasteiger partial charge in [-0.25, -0.2) is 9.97 Å². The number of rotatable bonds is 4. The summed E-state index contributed by atoms with van der Waals surface area (Å²) in [6.07, 6.45) is 2.75. The van der Waals surface area contributed by atoms with E-state index in [0.29, 0.717) is 0 Å². The van der Waals surface area contributed by atoms with Crippen LogP contribution < -0.4 is 5.32 Å². The summed E-state index contributed by atoms with van der Waals surface area (Å²) in [4.78, 5) is 8.73. The summed E-state index contributed by atoms with van der Waals surface area (Å²) in [6.45, 7) is 4.93. The molecule has 0 aromatic carbocycles. The smallest absolute Gasteiger partial charge is 0.140 e. The molecule has 5 heteroatoms. The highest BCUT2D eigenvalue weighted by Gasteiger charge is 2.04. The fraction of sp³-hybridized carbons (Fsp3) is 0.333. The van der Waals surface area contributed by atoms with Crippen molar-refractivity contribution in [3.05, 3.63) is 38.4 Å². The van der Waals surface area contributed by atoms with Gasteiger partial charge in [-0.05, 0) is 41.4 Å². The first-order valence-corrected chi connectivity index (χ1v) is 7.10. The normalized spacial score (nSPS) is 10.5. The molecule has 0 unspecified atom stereocenters. The lowest BCUT2D eigenvalue weighted by molar-refractivity contribution is 0.975. The molecule has 0 fully saturated rings. The van der Waals surface area contributed by atoms with Crippen LogP contribution in [0.2, 0.25) is 0 Å². The fourth-order valence-corrected chi connectivity index (χ4v) is 2.62. The minimum atomic E-state index is 0.849. The van der Waals surface area contributed by atoms with Crippen molar-refractivity contribution in [3.63, 3.8) is 0 Å². The third-order valence-electron chi connectivity index (χ3n) is 2.38. The van der Waals surface area contributed by atoms with Crippen LogP contribution in [0.3, 0.4) is 0 Å². The molecule has 1 N–H and O–H groups in total. The van der Waals surface area contributed by atoms with Crippen LogP contribution in [0.25, 0.3) is 0 Å². The van der Waals surface area contributed by atoms with Gasteiger partial charge in [0.25, 0.3) is 0 Å². The molecule has 0 bridgehead atoms. The topological polar surface area (TPSA) is 37.8 Å². The van der Waals surface area contributed by atoms with E-state index < -0.39 is 0 Å². The largest absolute Gasteiger partial charge is 0.369 e. The van der Waals surface area contributed by atoms with Crippen LogP contribution in [0.15, 0.2) is 22.1 Å². The lowest BCUT2D eigenvalue weighted by atomic mass is 10.3. The van der Waals surface area contributed by atoms with E-state index in [1.165, 1.54) is 10.6 Å². The summed E-state index contributed by atoms with van der Waals surface area (Å²) < 4.78 is 1.04. The number of aryl methyl sites for hydroxylation is 2. The molecule has 2 aromatic heterocycles. The summed E-state index contributed by atoms with van der Waals surface area (Å²) in [7, 11) is 0. The van der Waals surface area contributed by atoms with Crippen molar-refractivity contribution in [3.8, 4) is 0 Å². The monoisotopic (exact) mass is 311 g/mol. The standard InChI is InChI=1S/C12H14BrN3S/c1-8-3-5-14-12(11(8)13)15-6-4-10-16-9(2)7-17-10/h3,5,7H,4,6H2,1-2H3,(H,14,15). The van der Waals surface area contributed by atoms with Crippen LogP contribution in [0.5, 0.6) is 0 Å². The highest BCUT2D eigenvalue weighted by Crippen LogP contribution is 2.23. The number of halogens is 1. The van der Waals surface area contributed by atoms with Crippen molar-refractivity contribution < 1.29 is 0 Å². The number of nitrogens with zero attached hydrogens (tertiary/aromatic N) is 2. The zero-order valence-corrected chi connectivity index (χ0v) is 12.2. The molecular formula is C12H14BrN3S. The number of nitrogens with one attached hydrogen (secondary N) is 1. The number of thiazole rings is 1. The van der Waals surface area contributed by atoms with Crippen molar-refractivity contribution >= 4 is 33.1 Å². The number of anilines is 1.